The summed E-state index contributed by atoms with van der Waals surface area (Å²) in [5.41, 5.74) is 3.11. The zero-order valence-corrected chi connectivity index (χ0v) is 21.7. The molecular weight excluding hydrogens is 526 g/mol. The first-order valence-corrected chi connectivity index (χ1v) is 13.8. The number of nitrogens with zero attached hydrogens (tertiary/aromatic N) is 2. The summed E-state index contributed by atoms with van der Waals surface area (Å²) in [5.74, 6) is -0.122. The molecule has 1 aliphatic rings. The molecule has 1 heterocycles. The Hall–Kier alpha value is -3.99. The number of aromatic nitrogens is 2. The van der Waals surface area contributed by atoms with Crippen LogP contribution in [0.5, 0.6) is 0 Å². The predicted octanol–water partition coefficient (Wildman–Crippen LogP) is 4.69. The minimum atomic E-state index is -4.11. The summed E-state index contributed by atoms with van der Waals surface area (Å²) >= 11 is 6.16. The fourth-order valence-electron chi connectivity index (χ4n) is 3.94. The van der Waals surface area contributed by atoms with Crippen molar-refractivity contribution >= 4 is 50.4 Å². The number of Topliss-reactive ketones (excluding diaryl/α,β-unsaturated/α-hetero) is 1. The van der Waals surface area contributed by atoms with E-state index in [0.29, 0.717) is 27.6 Å². The Balaban J connectivity index is 1.32. The van der Waals surface area contributed by atoms with Crippen LogP contribution in [-0.4, -0.2) is 29.9 Å². The maximum absolute atomic E-state index is 12.7. The molecule has 0 atom stereocenters. The number of primary sulfonamides is 1. The predicted molar refractivity (Wildman–Crippen MR) is 146 cm³/mol. The SMILES string of the molecule is NS(=O)(=O)c1cc(Nc2ccc(C(=O)Cc3ccccc3Cl)cc2)ccc1-n1cc(NC(=O)C2CC2)cn1. The first-order chi connectivity index (χ1) is 18.2. The fraction of sp³-hybridized carbons (Fsp3) is 0.148. The molecule has 1 amide bonds. The van der Waals surface area contributed by atoms with Crippen molar-refractivity contribution in [3.8, 4) is 5.69 Å². The normalized spacial score (nSPS) is 13.2. The van der Waals surface area contributed by atoms with Crippen LogP contribution in [0.3, 0.4) is 0 Å². The first kappa shape index (κ1) is 25.7. The molecule has 0 unspecified atom stereocenters. The number of halogens is 1. The van der Waals surface area contributed by atoms with Crippen LogP contribution >= 0.6 is 11.6 Å². The Bertz CT molecular complexity index is 1630. The van der Waals surface area contributed by atoms with Gasteiger partial charge in [0.1, 0.15) is 4.90 Å². The van der Waals surface area contributed by atoms with E-state index in [1.807, 2.05) is 18.2 Å². The molecule has 1 aromatic heterocycles. The molecule has 9 nitrogen and oxygen atoms in total. The second-order valence-corrected chi connectivity index (χ2v) is 11.0. The van der Waals surface area contributed by atoms with E-state index in [9.17, 15) is 18.0 Å². The van der Waals surface area contributed by atoms with E-state index in [-0.39, 0.29) is 34.6 Å². The average molecular weight is 550 g/mol. The Kier molecular flexibility index (Phi) is 7.02. The molecule has 38 heavy (non-hydrogen) atoms. The number of nitrogens with one attached hydrogen (secondary N) is 2. The number of hydrogen-bond donors (Lipinski definition) is 3. The summed E-state index contributed by atoms with van der Waals surface area (Å²) in [7, 11) is -4.11. The Labute approximate surface area is 224 Å². The highest BCUT2D eigenvalue weighted by molar-refractivity contribution is 7.89. The van der Waals surface area contributed by atoms with Crippen LogP contribution < -0.4 is 15.8 Å². The third-order valence-electron chi connectivity index (χ3n) is 6.12. The molecule has 0 saturated heterocycles. The van der Waals surface area contributed by atoms with E-state index >= 15 is 0 Å². The summed E-state index contributed by atoms with van der Waals surface area (Å²) < 4.78 is 26.2. The van der Waals surface area contributed by atoms with Gasteiger partial charge in [0, 0.05) is 34.3 Å². The molecule has 1 aliphatic carbocycles. The van der Waals surface area contributed by atoms with Gasteiger partial charge in [-0.05, 0) is 66.9 Å². The Morgan fingerprint density at radius 1 is 1.00 bits per heavy atom. The number of benzene rings is 3. The molecule has 194 valence electrons. The standard InChI is InChI=1S/C27H24ClN5O4S/c28-23-4-2-1-3-19(23)13-25(34)17-7-9-20(10-8-17)31-21-11-12-24(26(14-21)38(29,36)37)33-16-22(15-30-33)32-27(35)18-5-6-18/h1-4,7-12,14-16,18,31H,5-6,13H2,(H,32,35)(H2,29,36,37). The van der Waals surface area contributed by atoms with Gasteiger partial charge >= 0.3 is 0 Å². The lowest BCUT2D eigenvalue weighted by Gasteiger charge is -2.12. The van der Waals surface area contributed by atoms with Crippen molar-refractivity contribution in [1.29, 1.82) is 0 Å². The lowest BCUT2D eigenvalue weighted by molar-refractivity contribution is -0.117. The maximum Gasteiger partial charge on any atom is 0.240 e. The van der Waals surface area contributed by atoms with Crippen LogP contribution in [-0.2, 0) is 21.2 Å². The van der Waals surface area contributed by atoms with Gasteiger partial charge in [-0.25, -0.2) is 18.2 Å². The molecule has 4 N–H and O–H groups in total. The zero-order chi connectivity index (χ0) is 26.9. The maximum atomic E-state index is 12.7. The highest BCUT2D eigenvalue weighted by atomic mass is 35.5. The molecule has 4 aromatic rings. The summed E-state index contributed by atoms with van der Waals surface area (Å²) in [5, 5.41) is 16.2. The van der Waals surface area contributed by atoms with Crippen LogP contribution in [0.4, 0.5) is 17.1 Å². The highest BCUT2D eigenvalue weighted by Gasteiger charge is 2.30. The lowest BCUT2D eigenvalue weighted by atomic mass is 10.0. The molecule has 0 bridgehead atoms. The zero-order valence-electron chi connectivity index (χ0n) is 20.1. The quantitative estimate of drug-likeness (QED) is 0.259. The lowest BCUT2D eigenvalue weighted by Crippen LogP contribution is -2.16. The van der Waals surface area contributed by atoms with Gasteiger partial charge < -0.3 is 10.6 Å². The Morgan fingerprint density at radius 3 is 2.39 bits per heavy atom. The molecule has 1 fully saturated rings. The van der Waals surface area contributed by atoms with Gasteiger partial charge in [0.15, 0.2) is 5.78 Å². The van der Waals surface area contributed by atoms with E-state index in [1.165, 1.54) is 23.1 Å². The molecule has 0 aliphatic heterocycles. The first-order valence-electron chi connectivity index (χ1n) is 11.8. The minimum Gasteiger partial charge on any atom is -0.355 e. The largest absolute Gasteiger partial charge is 0.355 e. The number of carbonyl (C=O) groups is 2. The second kappa shape index (κ2) is 10.4. The molecule has 0 spiro atoms. The summed E-state index contributed by atoms with van der Waals surface area (Å²) in [4.78, 5) is 24.6. The van der Waals surface area contributed by atoms with Crippen LogP contribution in [0, 0.1) is 5.92 Å². The van der Waals surface area contributed by atoms with Crippen LogP contribution in [0.2, 0.25) is 5.02 Å². The second-order valence-electron chi connectivity index (χ2n) is 9.06. The number of anilines is 3. The molecule has 1 saturated carbocycles. The van der Waals surface area contributed by atoms with Gasteiger partial charge in [-0.3, -0.25) is 9.59 Å². The Morgan fingerprint density at radius 2 is 1.71 bits per heavy atom. The molecule has 0 radical (unpaired) electrons. The number of amides is 1. The van der Waals surface area contributed by atoms with Crippen molar-refractivity contribution in [3.63, 3.8) is 0 Å². The van der Waals surface area contributed by atoms with E-state index < -0.39 is 10.0 Å². The van der Waals surface area contributed by atoms with Crippen molar-refractivity contribution in [2.24, 2.45) is 11.1 Å². The van der Waals surface area contributed by atoms with Gasteiger partial charge in [-0.1, -0.05) is 29.8 Å². The summed E-state index contributed by atoms with van der Waals surface area (Å²) in [6, 6.07) is 18.7. The van der Waals surface area contributed by atoms with E-state index in [1.54, 1.807) is 42.5 Å². The fourth-order valence-corrected chi connectivity index (χ4v) is 4.89. The summed E-state index contributed by atoms with van der Waals surface area (Å²) in [6.45, 7) is 0. The minimum absolute atomic E-state index is 0.0261. The van der Waals surface area contributed by atoms with Crippen molar-refractivity contribution in [3.05, 3.63) is 95.3 Å². The van der Waals surface area contributed by atoms with Gasteiger partial charge in [0.2, 0.25) is 15.9 Å². The van der Waals surface area contributed by atoms with E-state index in [4.69, 9.17) is 16.7 Å². The number of sulfonamides is 1. The van der Waals surface area contributed by atoms with Crippen molar-refractivity contribution in [1.82, 2.24) is 9.78 Å². The van der Waals surface area contributed by atoms with Crippen LogP contribution in [0.1, 0.15) is 28.8 Å². The van der Waals surface area contributed by atoms with Crippen molar-refractivity contribution in [2.45, 2.75) is 24.2 Å². The number of hydrogen-bond acceptors (Lipinski definition) is 6. The number of nitrogens with two attached hydrogens (primary N) is 1. The third-order valence-corrected chi connectivity index (χ3v) is 7.42. The molecule has 11 heteroatoms. The van der Waals surface area contributed by atoms with E-state index in [2.05, 4.69) is 15.7 Å². The smallest absolute Gasteiger partial charge is 0.240 e. The number of rotatable bonds is 9. The number of ketones is 1. The monoisotopic (exact) mass is 549 g/mol. The van der Waals surface area contributed by atoms with Gasteiger partial charge in [-0.15, -0.1) is 0 Å². The van der Waals surface area contributed by atoms with Crippen molar-refractivity contribution < 1.29 is 18.0 Å². The van der Waals surface area contributed by atoms with Gasteiger partial charge in [0.25, 0.3) is 0 Å². The van der Waals surface area contributed by atoms with E-state index in [0.717, 1.165) is 18.4 Å². The molecular formula is C27H24ClN5O4S. The number of carbonyl (C=O) groups excluding carboxylic acids is 2. The molecule has 3 aromatic carbocycles. The summed E-state index contributed by atoms with van der Waals surface area (Å²) in [6.07, 6.45) is 4.91. The molecule has 5 rings (SSSR count). The average Bonchev–Trinajstić information content (AvgIpc) is 3.65. The topological polar surface area (TPSA) is 136 Å². The van der Waals surface area contributed by atoms with Gasteiger partial charge in [0.05, 0.1) is 23.8 Å². The van der Waals surface area contributed by atoms with Crippen molar-refractivity contribution in [2.75, 3.05) is 10.6 Å². The highest BCUT2D eigenvalue weighted by Crippen LogP contribution is 2.31. The van der Waals surface area contributed by atoms with Gasteiger partial charge in [-0.2, -0.15) is 5.10 Å². The third kappa shape index (κ3) is 5.94. The van der Waals surface area contributed by atoms with Crippen LogP contribution in [0.15, 0.2) is 84.0 Å². The van der Waals surface area contributed by atoms with Crippen LogP contribution in [0.25, 0.3) is 5.69 Å².